The van der Waals surface area contributed by atoms with Gasteiger partial charge in [-0.1, -0.05) is 35.5 Å². The Balaban J connectivity index is 1.62. The van der Waals surface area contributed by atoms with Crippen molar-refractivity contribution in [1.82, 2.24) is 14.9 Å². The Kier molecular flexibility index (Phi) is 3.62. The molecule has 9 heteroatoms. The Morgan fingerprint density at radius 1 is 1.12 bits per heavy atom. The van der Waals surface area contributed by atoms with Gasteiger partial charge in [0.2, 0.25) is 5.16 Å². The third kappa shape index (κ3) is 2.59. The highest BCUT2D eigenvalue weighted by atomic mass is 35.5. The van der Waals surface area contributed by atoms with E-state index in [1.165, 1.54) is 12.1 Å². The third-order valence-electron chi connectivity index (χ3n) is 3.61. The molecule has 0 saturated heterocycles. The smallest absolute Gasteiger partial charge is 0.269 e. The summed E-state index contributed by atoms with van der Waals surface area (Å²) in [6.07, 6.45) is 0. The van der Waals surface area contributed by atoms with Crippen LogP contribution in [0.5, 0.6) is 0 Å². The third-order valence-corrected chi connectivity index (χ3v) is 4.95. The number of nitro groups is 1. The van der Waals surface area contributed by atoms with Crippen molar-refractivity contribution >= 4 is 29.1 Å². The minimum Gasteiger partial charge on any atom is -0.304 e. The predicted molar refractivity (Wildman–Crippen MR) is 91.5 cm³/mol. The van der Waals surface area contributed by atoms with Gasteiger partial charge in [-0.15, -0.1) is 10.2 Å². The number of nitrogens with zero attached hydrogens (tertiary/aromatic N) is 4. The lowest BCUT2D eigenvalue weighted by Crippen LogP contribution is -2.13. The molecule has 0 saturated carbocycles. The van der Waals surface area contributed by atoms with Crippen LogP contribution >= 0.6 is 23.4 Å². The average molecular weight is 360 g/mol. The van der Waals surface area contributed by atoms with E-state index in [1.807, 2.05) is 24.3 Å². The Hall–Kier alpha value is -2.58. The number of rotatable bonds is 3. The standard InChI is InChI=1S/C15H10ClN5O2S/c16-11-5-1-10(2-6-11)14-19-20-13(17-18-15(20)24-14)9-3-7-12(8-4-9)21(22)23/h1-8,14,19H/t14-/m1/s1. The van der Waals surface area contributed by atoms with Gasteiger partial charge in [-0.25, -0.2) is 4.68 Å². The molecule has 0 unspecified atom stereocenters. The molecule has 0 bridgehead atoms. The summed E-state index contributed by atoms with van der Waals surface area (Å²) in [5.74, 6) is 0.615. The topological polar surface area (TPSA) is 85.9 Å². The molecule has 0 radical (unpaired) electrons. The summed E-state index contributed by atoms with van der Waals surface area (Å²) in [4.78, 5) is 10.3. The van der Waals surface area contributed by atoms with Crippen molar-refractivity contribution in [3.63, 3.8) is 0 Å². The molecule has 0 fully saturated rings. The maximum Gasteiger partial charge on any atom is 0.269 e. The summed E-state index contributed by atoms with van der Waals surface area (Å²) in [7, 11) is 0. The molecule has 0 spiro atoms. The normalized spacial score (nSPS) is 15.8. The molecule has 1 N–H and O–H groups in total. The molecule has 0 aliphatic carbocycles. The summed E-state index contributed by atoms with van der Waals surface area (Å²) < 4.78 is 1.80. The number of halogens is 1. The molecular formula is C15H10ClN5O2S. The van der Waals surface area contributed by atoms with Crippen molar-refractivity contribution < 1.29 is 4.92 Å². The van der Waals surface area contributed by atoms with Crippen LogP contribution in [0.4, 0.5) is 5.69 Å². The lowest BCUT2D eigenvalue weighted by atomic mass is 10.2. The molecule has 1 aromatic heterocycles. The molecule has 2 aromatic carbocycles. The fourth-order valence-electron chi connectivity index (χ4n) is 2.41. The minimum atomic E-state index is -0.428. The van der Waals surface area contributed by atoms with Crippen LogP contribution in [0, 0.1) is 10.1 Å². The van der Waals surface area contributed by atoms with E-state index in [9.17, 15) is 10.1 Å². The number of non-ortho nitro benzene ring substituents is 1. The first-order valence-electron chi connectivity index (χ1n) is 7.01. The van der Waals surface area contributed by atoms with Gasteiger partial charge in [0.1, 0.15) is 5.37 Å². The van der Waals surface area contributed by atoms with Crippen molar-refractivity contribution in [1.29, 1.82) is 0 Å². The highest BCUT2D eigenvalue weighted by Gasteiger charge is 2.28. The first-order chi connectivity index (χ1) is 11.6. The van der Waals surface area contributed by atoms with Gasteiger partial charge in [-0.3, -0.25) is 10.1 Å². The monoisotopic (exact) mass is 359 g/mol. The lowest BCUT2D eigenvalue weighted by Gasteiger charge is -2.12. The zero-order valence-corrected chi connectivity index (χ0v) is 13.7. The van der Waals surface area contributed by atoms with E-state index in [0.717, 1.165) is 16.3 Å². The van der Waals surface area contributed by atoms with Crippen LogP contribution < -0.4 is 5.43 Å². The van der Waals surface area contributed by atoms with Gasteiger partial charge in [-0.2, -0.15) is 0 Å². The first kappa shape index (κ1) is 15.0. The van der Waals surface area contributed by atoms with Crippen LogP contribution in [-0.4, -0.2) is 19.8 Å². The van der Waals surface area contributed by atoms with Gasteiger partial charge in [0.05, 0.1) is 4.92 Å². The van der Waals surface area contributed by atoms with Crippen molar-refractivity contribution in [3.05, 3.63) is 69.2 Å². The number of fused-ring (bicyclic) bond motifs is 1. The summed E-state index contributed by atoms with van der Waals surface area (Å²) in [6, 6.07) is 13.8. The number of hydrogen-bond donors (Lipinski definition) is 1. The van der Waals surface area contributed by atoms with Crippen LogP contribution in [0.2, 0.25) is 5.02 Å². The van der Waals surface area contributed by atoms with Gasteiger partial charge in [0, 0.05) is 22.7 Å². The number of aromatic nitrogens is 3. The summed E-state index contributed by atoms with van der Waals surface area (Å²) in [5, 5.41) is 20.5. The van der Waals surface area contributed by atoms with Crippen molar-refractivity contribution in [2.45, 2.75) is 10.5 Å². The van der Waals surface area contributed by atoms with Crippen molar-refractivity contribution in [2.24, 2.45) is 0 Å². The second-order valence-electron chi connectivity index (χ2n) is 5.12. The van der Waals surface area contributed by atoms with E-state index in [0.29, 0.717) is 10.8 Å². The maximum atomic E-state index is 10.8. The van der Waals surface area contributed by atoms with Crippen LogP contribution in [-0.2, 0) is 0 Å². The highest BCUT2D eigenvalue weighted by Crippen LogP contribution is 2.40. The molecule has 24 heavy (non-hydrogen) atoms. The van der Waals surface area contributed by atoms with E-state index >= 15 is 0 Å². The molecule has 4 rings (SSSR count). The quantitative estimate of drug-likeness (QED) is 0.564. The molecule has 0 amide bonds. The van der Waals surface area contributed by atoms with E-state index in [-0.39, 0.29) is 11.1 Å². The minimum absolute atomic E-state index is 0.00423. The lowest BCUT2D eigenvalue weighted by molar-refractivity contribution is -0.384. The second-order valence-corrected chi connectivity index (χ2v) is 6.63. The molecule has 2 heterocycles. The number of nitro benzene ring substituents is 1. The van der Waals surface area contributed by atoms with E-state index in [1.54, 1.807) is 28.6 Å². The van der Waals surface area contributed by atoms with Crippen LogP contribution in [0.3, 0.4) is 0 Å². The Labute approximate surface area is 145 Å². The van der Waals surface area contributed by atoms with Crippen LogP contribution in [0.25, 0.3) is 11.4 Å². The number of benzene rings is 2. The number of hydrogen-bond acceptors (Lipinski definition) is 6. The van der Waals surface area contributed by atoms with E-state index in [4.69, 9.17) is 11.6 Å². The fraction of sp³-hybridized carbons (Fsp3) is 0.0667. The predicted octanol–water partition coefficient (Wildman–Crippen LogP) is 3.85. The summed E-state index contributed by atoms with van der Waals surface area (Å²) in [6.45, 7) is 0. The molecule has 1 atom stereocenters. The van der Waals surface area contributed by atoms with Gasteiger partial charge >= 0.3 is 0 Å². The van der Waals surface area contributed by atoms with Crippen LogP contribution in [0.1, 0.15) is 10.9 Å². The summed E-state index contributed by atoms with van der Waals surface area (Å²) in [5.41, 5.74) is 5.20. The number of thioether (sulfide) groups is 1. The van der Waals surface area contributed by atoms with Crippen LogP contribution in [0.15, 0.2) is 53.7 Å². The number of nitrogens with one attached hydrogen (secondary N) is 1. The maximum absolute atomic E-state index is 10.8. The Bertz CT molecular complexity index is 911. The molecule has 120 valence electrons. The van der Waals surface area contributed by atoms with Gasteiger partial charge in [0.25, 0.3) is 5.69 Å². The fourth-order valence-corrected chi connectivity index (χ4v) is 3.53. The second kappa shape index (κ2) is 5.81. The largest absolute Gasteiger partial charge is 0.304 e. The molecular weight excluding hydrogens is 350 g/mol. The van der Waals surface area contributed by atoms with Gasteiger partial charge < -0.3 is 5.43 Å². The molecule has 1 aliphatic rings. The Morgan fingerprint density at radius 3 is 2.50 bits per heavy atom. The van der Waals surface area contributed by atoms with E-state index in [2.05, 4.69) is 15.6 Å². The van der Waals surface area contributed by atoms with Gasteiger partial charge in [-0.05, 0) is 29.8 Å². The van der Waals surface area contributed by atoms with Gasteiger partial charge in [0.15, 0.2) is 5.82 Å². The SMILES string of the molecule is O=[N+]([O-])c1ccc(-c2nnc3n2N[C@@H](c2ccc(Cl)cc2)S3)cc1. The molecule has 7 nitrogen and oxygen atoms in total. The van der Waals surface area contributed by atoms with Crippen molar-refractivity contribution in [2.75, 3.05) is 5.43 Å². The molecule has 3 aromatic rings. The summed E-state index contributed by atoms with van der Waals surface area (Å²) >= 11 is 7.47. The van der Waals surface area contributed by atoms with Crippen molar-refractivity contribution in [3.8, 4) is 11.4 Å². The Morgan fingerprint density at radius 2 is 1.83 bits per heavy atom. The first-order valence-corrected chi connectivity index (χ1v) is 8.26. The molecule has 1 aliphatic heterocycles. The highest BCUT2D eigenvalue weighted by molar-refractivity contribution is 7.99. The zero-order valence-electron chi connectivity index (χ0n) is 12.1. The van der Waals surface area contributed by atoms with E-state index < -0.39 is 4.92 Å². The zero-order chi connectivity index (χ0) is 16.7. The average Bonchev–Trinajstić information content (AvgIpc) is 3.16.